The average Bonchev–Trinajstić information content (AvgIpc) is 3.26. The zero-order valence-electron chi connectivity index (χ0n) is 13.5. The Balaban J connectivity index is 1.57. The van der Waals surface area contributed by atoms with Crippen molar-refractivity contribution in [3.63, 3.8) is 0 Å². The van der Waals surface area contributed by atoms with Gasteiger partial charge in [-0.1, -0.05) is 0 Å². The summed E-state index contributed by atoms with van der Waals surface area (Å²) in [5, 5.41) is 9.66. The molecule has 3 rings (SSSR count). The summed E-state index contributed by atoms with van der Waals surface area (Å²) in [6.07, 6.45) is -1.16. The first-order chi connectivity index (χ1) is 11.9. The minimum Gasteiger partial charge on any atom is -0.352 e. The summed E-state index contributed by atoms with van der Waals surface area (Å²) < 4.78 is 38.9. The molecule has 2 N–H and O–H groups in total. The largest absolute Gasteiger partial charge is 0.435 e. The topological polar surface area (TPSA) is 59.0 Å². The van der Waals surface area contributed by atoms with Gasteiger partial charge in [-0.05, 0) is 62.2 Å². The molecule has 1 unspecified atom stereocenters. The van der Waals surface area contributed by atoms with Gasteiger partial charge in [-0.15, -0.1) is 0 Å². The molecular formula is C17H19F3N4O. The Kier molecular flexibility index (Phi) is 5.08. The van der Waals surface area contributed by atoms with Crippen LogP contribution >= 0.6 is 0 Å². The highest BCUT2D eigenvalue weighted by Gasteiger charge is 2.33. The Bertz CT molecular complexity index is 718. The highest BCUT2D eigenvalue weighted by molar-refractivity contribution is 5.94. The van der Waals surface area contributed by atoms with Crippen molar-refractivity contribution >= 4 is 5.91 Å². The molecule has 25 heavy (non-hydrogen) atoms. The lowest BCUT2D eigenvalue weighted by Gasteiger charge is -2.10. The van der Waals surface area contributed by atoms with Crippen LogP contribution in [0.3, 0.4) is 0 Å². The molecule has 0 bridgehead atoms. The summed E-state index contributed by atoms with van der Waals surface area (Å²) in [4.78, 5) is 12.1. The molecule has 1 fully saturated rings. The Morgan fingerprint density at radius 3 is 2.64 bits per heavy atom. The van der Waals surface area contributed by atoms with Crippen LogP contribution in [-0.4, -0.2) is 35.3 Å². The molecule has 1 aromatic carbocycles. The van der Waals surface area contributed by atoms with Crippen molar-refractivity contribution in [3.05, 3.63) is 47.8 Å². The van der Waals surface area contributed by atoms with Gasteiger partial charge in [0.25, 0.3) is 5.91 Å². The summed E-state index contributed by atoms with van der Waals surface area (Å²) >= 11 is 0. The number of aromatic nitrogens is 2. The number of nitrogens with one attached hydrogen (secondary N) is 2. The second kappa shape index (κ2) is 7.26. The van der Waals surface area contributed by atoms with Crippen LogP contribution in [0.1, 0.15) is 28.9 Å². The van der Waals surface area contributed by atoms with E-state index in [0.717, 1.165) is 36.7 Å². The second-order valence-corrected chi connectivity index (χ2v) is 6.09. The van der Waals surface area contributed by atoms with Gasteiger partial charge >= 0.3 is 6.18 Å². The number of nitrogens with zero attached hydrogens (tertiary/aromatic N) is 2. The minimum atomic E-state index is -4.47. The monoisotopic (exact) mass is 352 g/mol. The van der Waals surface area contributed by atoms with Gasteiger partial charge in [0.1, 0.15) is 0 Å². The van der Waals surface area contributed by atoms with E-state index in [1.807, 2.05) is 0 Å². The maximum absolute atomic E-state index is 12.6. The van der Waals surface area contributed by atoms with Crippen molar-refractivity contribution in [2.75, 3.05) is 19.6 Å². The SMILES string of the molecule is O=C(NCCC1CCNC1)c1ccc(-n2ccc(C(F)(F)F)n2)cc1. The zero-order chi connectivity index (χ0) is 17.9. The van der Waals surface area contributed by atoms with Crippen LogP contribution in [0, 0.1) is 5.92 Å². The van der Waals surface area contributed by atoms with Gasteiger partial charge in [-0.25, -0.2) is 4.68 Å². The van der Waals surface area contributed by atoms with E-state index >= 15 is 0 Å². The van der Waals surface area contributed by atoms with E-state index in [9.17, 15) is 18.0 Å². The lowest BCUT2D eigenvalue weighted by Crippen LogP contribution is -2.26. The number of amides is 1. The van der Waals surface area contributed by atoms with E-state index in [-0.39, 0.29) is 5.91 Å². The van der Waals surface area contributed by atoms with Crippen LogP contribution < -0.4 is 10.6 Å². The first-order valence-electron chi connectivity index (χ1n) is 8.16. The minimum absolute atomic E-state index is 0.186. The van der Waals surface area contributed by atoms with Gasteiger partial charge in [0.2, 0.25) is 0 Å². The highest BCUT2D eigenvalue weighted by atomic mass is 19.4. The normalized spacial score (nSPS) is 17.6. The molecule has 1 amide bonds. The zero-order valence-corrected chi connectivity index (χ0v) is 13.5. The fraction of sp³-hybridized carbons (Fsp3) is 0.412. The van der Waals surface area contributed by atoms with Crippen LogP contribution in [0.5, 0.6) is 0 Å². The molecule has 8 heteroatoms. The molecule has 5 nitrogen and oxygen atoms in total. The third-order valence-corrected chi connectivity index (χ3v) is 4.27. The van der Waals surface area contributed by atoms with Crippen molar-refractivity contribution < 1.29 is 18.0 Å². The molecule has 0 saturated carbocycles. The van der Waals surface area contributed by atoms with Crippen molar-refractivity contribution in [2.24, 2.45) is 5.92 Å². The van der Waals surface area contributed by atoms with Gasteiger partial charge in [-0.3, -0.25) is 4.79 Å². The average molecular weight is 352 g/mol. The molecule has 1 saturated heterocycles. The van der Waals surface area contributed by atoms with E-state index < -0.39 is 11.9 Å². The quantitative estimate of drug-likeness (QED) is 0.870. The number of carbonyl (C=O) groups excluding carboxylic acids is 1. The molecule has 1 aliphatic rings. The predicted molar refractivity (Wildman–Crippen MR) is 86.5 cm³/mol. The number of carbonyl (C=O) groups is 1. The van der Waals surface area contributed by atoms with E-state index in [1.54, 1.807) is 24.3 Å². The third kappa shape index (κ3) is 4.39. The summed E-state index contributed by atoms with van der Waals surface area (Å²) in [5.74, 6) is 0.416. The Morgan fingerprint density at radius 2 is 2.04 bits per heavy atom. The molecule has 0 radical (unpaired) electrons. The standard InChI is InChI=1S/C17H19F3N4O/c18-17(19,20)15-7-10-24(23-15)14-3-1-13(2-4-14)16(25)22-9-6-12-5-8-21-11-12/h1-4,7,10,12,21H,5-6,8-9,11H2,(H,22,25). The van der Waals surface area contributed by atoms with Gasteiger partial charge in [0.15, 0.2) is 5.69 Å². The Hall–Kier alpha value is -2.35. The number of benzene rings is 1. The molecule has 0 spiro atoms. The van der Waals surface area contributed by atoms with E-state index in [1.165, 1.54) is 6.20 Å². The molecule has 2 aromatic rings. The van der Waals surface area contributed by atoms with Crippen molar-refractivity contribution in [3.8, 4) is 5.69 Å². The van der Waals surface area contributed by atoms with E-state index in [4.69, 9.17) is 0 Å². The third-order valence-electron chi connectivity index (χ3n) is 4.27. The molecular weight excluding hydrogens is 333 g/mol. The van der Waals surface area contributed by atoms with Crippen molar-refractivity contribution in [1.82, 2.24) is 20.4 Å². The number of halogens is 3. The molecule has 0 aliphatic carbocycles. The van der Waals surface area contributed by atoms with Crippen LogP contribution in [0.2, 0.25) is 0 Å². The van der Waals surface area contributed by atoms with Gasteiger partial charge in [0, 0.05) is 18.3 Å². The summed E-state index contributed by atoms with van der Waals surface area (Å²) in [7, 11) is 0. The Morgan fingerprint density at radius 1 is 1.28 bits per heavy atom. The first kappa shape index (κ1) is 17.5. The summed E-state index contributed by atoms with van der Waals surface area (Å²) in [5.41, 5.74) is -0.0173. The highest BCUT2D eigenvalue weighted by Crippen LogP contribution is 2.27. The lowest BCUT2D eigenvalue weighted by molar-refractivity contribution is -0.141. The van der Waals surface area contributed by atoms with E-state index in [0.29, 0.717) is 23.7 Å². The fourth-order valence-electron chi connectivity index (χ4n) is 2.84. The van der Waals surface area contributed by atoms with Gasteiger partial charge < -0.3 is 10.6 Å². The molecule has 1 atom stereocenters. The first-order valence-corrected chi connectivity index (χ1v) is 8.16. The van der Waals surface area contributed by atoms with Crippen molar-refractivity contribution in [2.45, 2.75) is 19.0 Å². The van der Waals surface area contributed by atoms with Crippen LogP contribution in [0.25, 0.3) is 5.69 Å². The smallest absolute Gasteiger partial charge is 0.352 e. The predicted octanol–water partition coefficient (Wildman–Crippen LogP) is 2.62. The fourth-order valence-corrected chi connectivity index (χ4v) is 2.84. The molecule has 1 aliphatic heterocycles. The second-order valence-electron chi connectivity index (χ2n) is 6.09. The number of rotatable bonds is 5. The van der Waals surface area contributed by atoms with Gasteiger partial charge in [0.05, 0.1) is 5.69 Å². The van der Waals surface area contributed by atoms with Crippen LogP contribution in [-0.2, 0) is 6.18 Å². The number of hydrogen-bond acceptors (Lipinski definition) is 3. The van der Waals surface area contributed by atoms with Crippen LogP contribution in [0.4, 0.5) is 13.2 Å². The summed E-state index contributed by atoms with van der Waals surface area (Å²) in [6, 6.07) is 7.22. The van der Waals surface area contributed by atoms with Crippen LogP contribution in [0.15, 0.2) is 36.5 Å². The van der Waals surface area contributed by atoms with E-state index in [2.05, 4.69) is 15.7 Å². The number of alkyl halides is 3. The maximum atomic E-state index is 12.6. The maximum Gasteiger partial charge on any atom is 0.435 e. The van der Waals surface area contributed by atoms with Gasteiger partial charge in [-0.2, -0.15) is 18.3 Å². The molecule has 134 valence electrons. The molecule has 2 heterocycles. The summed E-state index contributed by atoms with van der Waals surface area (Å²) in [6.45, 7) is 2.64. The number of hydrogen-bond donors (Lipinski definition) is 2. The molecule has 1 aromatic heterocycles. The lowest BCUT2D eigenvalue weighted by atomic mass is 10.1. The Labute approximate surface area is 143 Å². The van der Waals surface area contributed by atoms with Crippen molar-refractivity contribution in [1.29, 1.82) is 0 Å².